The van der Waals surface area contributed by atoms with Crippen molar-refractivity contribution in [2.75, 3.05) is 13.6 Å². The van der Waals surface area contributed by atoms with E-state index in [2.05, 4.69) is 54.3 Å². The number of carbonyl (C=O) groups is 2. The van der Waals surface area contributed by atoms with Crippen LogP contribution in [0.1, 0.15) is 75.5 Å². The molecule has 2 amide bonds. The Kier molecular flexibility index (Phi) is 10.1. The van der Waals surface area contributed by atoms with Crippen molar-refractivity contribution in [1.29, 1.82) is 0 Å². The molecule has 3 atom stereocenters. The molecule has 1 saturated heterocycles. The van der Waals surface area contributed by atoms with E-state index in [0.717, 1.165) is 66.5 Å². The SMILES string of the molecule is C=C(/C=C(\N=C(C)N)c1cc(C)cc(C)c1)C1CCCN1C(=O)C(NC(=O)C(C)NC)C1CCCCC1. The first kappa shape index (κ1) is 28.6. The van der Waals surface area contributed by atoms with Gasteiger partial charge in [-0.25, -0.2) is 4.99 Å². The highest BCUT2D eigenvalue weighted by atomic mass is 16.2. The van der Waals surface area contributed by atoms with Crippen molar-refractivity contribution < 1.29 is 9.59 Å². The third kappa shape index (κ3) is 7.54. The number of nitrogens with two attached hydrogens (primary N) is 1. The zero-order valence-corrected chi connectivity index (χ0v) is 23.3. The summed E-state index contributed by atoms with van der Waals surface area (Å²) in [5.74, 6) is 0.503. The molecular weight excluding hydrogens is 462 g/mol. The van der Waals surface area contributed by atoms with Gasteiger partial charge in [0, 0.05) is 12.1 Å². The Balaban J connectivity index is 1.89. The molecule has 1 heterocycles. The maximum atomic E-state index is 14.0. The monoisotopic (exact) mass is 507 g/mol. The Labute approximate surface area is 222 Å². The van der Waals surface area contributed by atoms with Crippen LogP contribution in [0, 0.1) is 19.8 Å². The lowest BCUT2D eigenvalue weighted by molar-refractivity contribution is -0.139. The number of amides is 2. The van der Waals surface area contributed by atoms with Crippen LogP contribution in [-0.4, -0.2) is 54.3 Å². The summed E-state index contributed by atoms with van der Waals surface area (Å²) in [5, 5.41) is 6.09. The van der Waals surface area contributed by atoms with Crippen LogP contribution in [0.2, 0.25) is 0 Å². The minimum Gasteiger partial charge on any atom is -0.387 e. The number of benzene rings is 1. The van der Waals surface area contributed by atoms with Crippen molar-refractivity contribution in [3.05, 3.63) is 53.1 Å². The van der Waals surface area contributed by atoms with Crippen molar-refractivity contribution in [3.8, 4) is 0 Å². The van der Waals surface area contributed by atoms with Crippen LogP contribution in [0.15, 0.2) is 41.4 Å². The molecule has 1 saturated carbocycles. The molecule has 1 aromatic carbocycles. The summed E-state index contributed by atoms with van der Waals surface area (Å²) in [6.45, 7) is 12.8. The molecule has 1 aliphatic carbocycles. The fourth-order valence-electron chi connectivity index (χ4n) is 5.62. The van der Waals surface area contributed by atoms with Gasteiger partial charge < -0.3 is 21.3 Å². The second-order valence-electron chi connectivity index (χ2n) is 10.8. The Hall–Kier alpha value is -2.93. The van der Waals surface area contributed by atoms with Crippen molar-refractivity contribution in [2.45, 2.75) is 90.8 Å². The lowest BCUT2D eigenvalue weighted by Crippen LogP contribution is -2.56. The van der Waals surface area contributed by atoms with Crippen molar-refractivity contribution in [2.24, 2.45) is 16.6 Å². The largest absolute Gasteiger partial charge is 0.387 e. The number of rotatable bonds is 9. The molecule has 1 aliphatic heterocycles. The molecule has 0 aromatic heterocycles. The average molecular weight is 508 g/mol. The first-order valence-corrected chi connectivity index (χ1v) is 13.7. The lowest BCUT2D eigenvalue weighted by atomic mass is 9.83. The summed E-state index contributed by atoms with van der Waals surface area (Å²) >= 11 is 0. The highest BCUT2D eigenvalue weighted by molar-refractivity contribution is 5.90. The van der Waals surface area contributed by atoms with E-state index in [4.69, 9.17) is 5.73 Å². The smallest absolute Gasteiger partial charge is 0.245 e. The predicted molar refractivity (Wildman–Crippen MR) is 152 cm³/mol. The van der Waals surface area contributed by atoms with Crippen molar-refractivity contribution in [3.63, 3.8) is 0 Å². The number of nitrogens with one attached hydrogen (secondary N) is 2. The Morgan fingerprint density at radius 1 is 1.11 bits per heavy atom. The zero-order valence-electron chi connectivity index (χ0n) is 23.3. The van der Waals surface area contributed by atoms with Gasteiger partial charge in [-0.05, 0) is 90.1 Å². The molecule has 7 nitrogen and oxygen atoms in total. The molecule has 1 aromatic rings. The third-order valence-corrected chi connectivity index (χ3v) is 7.61. The molecule has 0 radical (unpaired) electrons. The molecule has 3 unspecified atom stereocenters. The average Bonchev–Trinajstić information content (AvgIpc) is 3.35. The van der Waals surface area contributed by atoms with Crippen molar-refractivity contribution in [1.82, 2.24) is 15.5 Å². The lowest BCUT2D eigenvalue weighted by Gasteiger charge is -2.35. The zero-order chi connectivity index (χ0) is 27.1. The molecular formula is C30H45N5O2. The van der Waals surface area contributed by atoms with Gasteiger partial charge in [-0.15, -0.1) is 0 Å². The van der Waals surface area contributed by atoms with Gasteiger partial charge in [0.25, 0.3) is 0 Å². The summed E-state index contributed by atoms with van der Waals surface area (Å²) < 4.78 is 0. The number of likely N-dealkylation sites (N-methyl/N-ethyl adjacent to an activating group) is 1. The Morgan fingerprint density at radius 2 is 1.76 bits per heavy atom. The van der Waals surface area contributed by atoms with E-state index in [1.54, 1.807) is 14.0 Å². The van der Waals surface area contributed by atoms with E-state index >= 15 is 0 Å². The van der Waals surface area contributed by atoms with Crippen LogP contribution in [0.3, 0.4) is 0 Å². The summed E-state index contributed by atoms with van der Waals surface area (Å²) in [6.07, 6.45) is 9.02. The van der Waals surface area contributed by atoms with Crippen LogP contribution < -0.4 is 16.4 Å². The van der Waals surface area contributed by atoms with Gasteiger partial charge in [-0.2, -0.15) is 0 Å². The first-order chi connectivity index (χ1) is 17.6. The molecule has 202 valence electrons. The fraction of sp³-hybridized carbons (Fsp3) is 0.567. The van der Waals surface area contributed by atoms with Gasteiger partial charge >= 0.3 is 0 Å². The van der Waals surface area contributed by atoms with Crippen LogP contribution in [-0.2, 0) is 9.59 Å². The van der Waals surface area contributed by atoms with Gasteiger partial charge in [0.2, 0.25) is 11.8 Å². The van der Waals surface area contributed by atoms with E-state index in [0.29, 0.717) is 12.4 Å². The number of likely N-dealkylation sites (tertiary alicyclic amines) is 1. The molecule has 0 spiro atoms. The Morgan fingerprint density at radius 3 is 2.35 bits per heavy atom. The number of hydrogen-bond donors (Lipinski definition) is 3. The number of carbonyl (C=O) groups excluding carboxylic acids is 2. The van der Waals surface area contributed by atoms with Crippen LogP contribution in [0.5, 0.6) is 0 Å². The van der Waals surface area contributed by atoms with Gasteiger partial charge in [0.15, 0.2) is 0 Å². The van der Waals surface area contributed by atoms with E-state index in [1.165, 1.54) is 6.42 Å². The summed E-state index contributed by atoms with van der Waals surface area (Å²) in [6, 6.07) is 5.31. The highest BCUT2D eigenvalue weighted by Crippen LogP contribution is 2.32. The van der Waals surface area contributed by atoms with E-state index in [1.807, 2.05) is 17.9 Å². The van der Waals surface area contributed by atoms with Crippen LogP contribution in [0.4, 0.5) is 0 Å². The third-order valence-electron chi connectivity index (χ3n) is 7.61. The fourth-order valence-corrected chi connectivity index (χ4v) is 5.62. The summed E-state index contributed by atoms with van der Waals surface area (Å²) in [7, 11) is 1.76. The molecule has 2 aliphatic rings. The van der Waals surface area contributed by atoms with E-state index in [-0.39, 0.29) is 29.8 Å². The molecule has 4 N–H and O–H groups in total. The second-order valence-corrected chi connectivity index (χ2v) is 10.8. The maximum Gasteiger partial charge on any atom is 0.245 e. The Bertz CT molecular complexity index is 1030. The number of aliphatic imine (C=N–C) groups is 1. The first-order valence-electron chi connectivity index (χ1n) is 13.7. The van der Waals surface area contributed by atoms with E-state index < -0.39 is 6.04 Å². The van der Waals surface area contributed by atoms with Gasteiger partial charge in [-0.3, -0.25) is 9.59 Å². The molecule has 0 bridgehead atoms. The number of hydrogen-bond acceptors (Lipinski definition) is 4. The van der Waals surface area contributed by atoms with Gasteiger partial charge in [0.1, 0.15) is 6.04 Å². The standard InChI is InChI=1S/C30H45N5O2/c1-19-15-20(2)17-25(16-19)26(33-23(5)31)18-21(3)27-13-10-14-35(27)30(37)28(24-11-8-7-9-12-24)34-29(36)22(4)32-6/h15-18,22,24,27-28,32H,3,7-14H2,1-2,4-6H3,(H2,31,33)(H,34,36)/b26-18-. The van der Waals surface area contributed by atoms with Crippen LogP contribution >= 0.6 is 0 Å². The van der Waals surface area contributed by atoms with E-state index in [9.17, 15) is 9.59 Å². The van der Waals surface area contributed by atoms with Gasteiger partial charge in [0.05, 0.1) is 23.6 Å². The van der Waals surface area contributed by atoms with Crippen LogP contribution in [0.25, 0.3) is 5.70 Å². The quantitative estimate of drug-likeness (QED) is 0.264. The molecule has 7 heteroatoms. The highest BCUT2D eigenvalue weighted by Gasteiger charge is 2.39. The number of aryl methyl sites for hydroxylation is 2. The number of nitrogens with zero attached hydrogens (tertiary/aromatic N) is 2. The predicted octanol–water partition coefficient (Wildman–Crippen LogP) is 4.24. The summed E-state index contributed by atoms with van der Waals surface area (Å²) in [5.41, 5.74) is 10.8. The molecule has 2 fully saturated rings. The molecule has 37 heavy (non-hydrogen) atoms. The normalized spacial score (nSPS) is 21.0. The second kappa shape index (κ2) is 13.0. The maximum absolute atomic E-state index is 14.0. The molecule has 3 rings (SSSR count). The van der Waals surface area contributed by atoms with Crippen molar-refractivity contribution >= 4 is 23.3 Å². The minimum atomic E-state index is -0.510. The number of amidine groups is 1. The topological polar surface area (TPSA) is 99.8 Å². The minimum absolute atomic E-state index is 0.00654. The van der Waals surface area contributed by atoms with Gasteiger partial charge in [-0.1, -0.05) is 43.0 Å². The summed E-state index contributed by atoms with van der Waals surface area (Å²) in [4.78, 5) is 33.4.